The highest BCUT2D eigenvalue weighted by Crippen LogP contribution is 2.19. The van der Waals surface area contributed by atoms with Gasteiger partial charge in [-0.3, -0.25) is 4.79 Å². The van der Waals surface area contributed by atoms with Crippen molar-refractivity contribution in [2.24, 2.45) is 5.16 Å². The number of ketones is 1. The highest BCUT2D eigenvalue weighted by Gasteiger charge is 2.22. The molecule has 0 saturated carbocycles. The van der Waals surface area contributed by atoms with Gasteiger partial charge in [0.05, 0.1) is 0 Å². The van der Waals surface area contributed by atoms with Crippen molar-refractivity contribution in [2.75, 3.05) is 7.11 Å². The maximum absolute atomic E-state index is 11.8. The third-order valence-electron chi connectivity index (χ3n) is 2.36. The lowest BCUT2D eigenvalue weighted by atomic mass is 9.89. The molecule has 0 spiro atoms. The lowest BCUT2D eigenvalue weighted by molar-refractivity contribution is 0.105. The smallest absolute Gasteiger partial charge is 0.210 e. The lowest BCUT2D eigenvalue weighted by Gasteiger charge is -2.14. The molecule has 1 aliphatic carbocycles. The fourth-order valence-corrected chi connectivity index (χ4v) is 1.68. The average Bonchev–Trinajstić information content (AvgIpc) is 2.23. The van der Waals surface area contributed by atoms with Crippen molar-refractivity contribution in [3.8, 4) is 0 Å². The number of benzene rings is 1. The van der Waals surface area contributed by atoms with Crippen molar-refractivity contribution in [1.29, 1.82) is 0 Å². The summed E-state index contributed by atoms with van der Waals surface area (Å²) in [4.78, 5) is 16.4. The number of hydrogen-bond donors (Lipinski definition) is 0. The predicted molar refractivity (Wildman–Crippen MR) is 53.5 cm³/mol. The molecule has 3 nitrogen and oxygen atoms in total. The standard InChI is InChI=1S/C11H11NO2/c1-14-12-10-7-6-8-4-2-3-5-9(8)11(10)13/h2-5H,6-7H2,1H3/b12-10+. The fourth-order valence-electron chi connectivity index (χ4n) is 1.68. The van der Waals surface area contributed by atoms with Crippen molar-refractivity contribution in [3.05, 3.63) is 35.4 Å². The molecule has 0 aromatic heterocycles. The first-order valence-electron chi connectivity index (χ1n) is 4.55. The molecule has 3 heteroatoms. The van der Waals surface area contributed by atoms with Crippen molar-refractivity contribution < 1.29 is 9.63 Å². The van der Waals surface area contributed by atoms with E-state index in [1.165, 1.54) is 7.11 Å². The van der Waals surface area contributed by atoms with Crippen molar-refractivity contribution in [2.45, 2.75) is 12.8 Å². The summed E-state index contributed by atoms with van der Waals surface area (Å²) < 4.78 is 0. The highest BCUT2D eigenvalue weighted by atomic mass is 16.6. The Morgan fingerprint density at radius 3 is 2.86 bits per heavy atom. The Morgan fingerprint density at radius 1 is 1.29 bits per heavy atom. The second-order valence-corrected chi connectivity index (χ2v) is 3.21. The summed E-state index contributed by atoms with van der Waals surface area (Å²) in [6.07, 6.45) is 1.54. The minimum Gasteiger partial charge on any atom is -0.399 e. The molecule has 1 aromatic rings. The van der Waals surface area contributed by atoms with Crippen LogP contribution in [0.5, 0.6) is 0 Å². The van der Waals surface area contributed by atoms with Crippen LogP contribution in [0.4, 0.5) is 0 Å². The number of Topliss-reactive ketones (excluding diaryl/α,β-unsaturated/α-hetero) is 1. The topological polar surface area (TPSA) is 38.7 Å². The van der Waals surface area contributed by atoms with E-state index >= 15 is 0 Å². The second kappa shape index (κ2) is 3.62. The first-order valence-corrected chi connectivity index (χ1v) is 4.55. The molecule has 0 unspecified atom stereocenters. The monoisotopic (exact) mass is 189 g/mol. The van der Waals surface area contributed by atoms with Gasteiger partial charge >= 0.3 is 0 Å². The number of carbonyl (C=O) groups is 1. The zero-order valence-electron chi connectivity index (χ0n) is 7.99. The van der Waals surface area contributed by atoms with E-state index in [9.17, 15) is 4.79 Å². The Morgan fingerprint density at radius 2 is 2.07 bits per heavy atom. The third-order valence-corrected chi connectivity index (χ3v) is 2.36. The molecular weight excluding hydrogens is 178 g/mol. The number of rotatable bonds is 1. The first-order chi connectivity index (χ1) is 6.83. The van der Waals surface area contributed by atoms with Crippen LogP contribution in [0, 0.1) is 0 Å². The molecule has 1 aromatic carbocycles. The second-order valence-electron chi connectivity index (χ2n) is 3.21. The molecule has 0 saturated heterocycles. The molecule has 0 N–H and O–H groups in total. The summed E-state index contributed by atoms with van der Waals surface area (Å²) in [6.45, 7) is 0. The molecule has 2 rings (SSSR count). The largest absolute Gasteiger partial charge is 0.399 e. The van der Waals surface area contributed by atoms with Crippen LogP contribution in [-0.2, 0) is 11.3 Å². The minimum atomic E-state index is -0.00583. The summed E-state index contributed by atoms with van der Waals surface area (Å²) in [5.74, 6) is -0.00583. The van der Waals surface area contributed by atoms with Gasteiger partial charge in [0.25, 0.3) is 0 Å². The van der Waals surface area contributed by atoms with Crippen LogP contribution >= 0.6 is 0 Å². The number of oxime groups is 1. The van der Waals surface area contributed by atoms with Crippen molar-refractivity contribution in [1.82, 2.24) is 0 Å². The van der Waals surface area contributed by atoms with E-state index in [0.717, 1.165) is 17.5 Å². The number of aryl methyl sites for hydroxylation is 1. The lowest BCUT2D eigenvalue weighted by Crippen LogP contribution is -2.22. The number of nitrogens with zero attached hydrogens (tertiary/aromatic N) is 1. The summed E-state index contributed by atoms with van der Waals surface area (Å²) in [5, 5.41) is 3.73. The Labute approximate surface area is 82.4 Å². The Kier molecular flexibility index (Phi) is 2.31. The van der Waals surface area contributed by atoms with E-state index < -0.39 is 0 Å². The molecular formula is C11H11NO2. The molecule has 0 heterocycles. The van der Waals surface area contributed by atoms with Gasteiger partial charge in [-0.1, -0.05) is 29.4 Å². The predicted octanol–water partition coefficient (Wildman–Crippen LogP) is 1.82. The average molecular weight is 189 g/mol. The van der Waals surface area contributed by atoms with E-state index in [0.29, 0.717) is 12.1 Å². The Hall–Kier alpha value is -1.64. The number of carbonyl (C=O) groups excluding carboxylic acids is 1. The van der Waals surface area contributed by atoms with Gasteiger partial charge < -0.3 is 4.84 Å². The number of fused-ring (bicyclic) bond motifs is 1. The molecule has 0 bridgehead atoms. The van der Waals surface area contributed by atoms with Gasteiger partial charge in [-0.2, -0.15) is 0 Å². The van der Waals surface area contributed by atoms with Gasteiger partial charge in [0.2, 0.25) is 5.78 Å². The van der Waals surface area contributed by atoms with Gasteiger partial charge in [0, 0.05) is 12.0 Å². The van der Waals surface area contributed by atoms with Gasteiger partial charge in [0.15, 0.2) is 0 Å². The van der Waals surface area contributed by atoms with Gasteiger partial charge in [0.1, 0.15) is 12.8 Å². The molecule has 0 atom stereocenters. The summed E-state index contributed by atoms with van der Waals surface area (Å²) in [7, 11) is 1.46. The van der Waals surface area contributed by atoms with Gasteiger partial charge in [-0.25, -0.2) is 0 Å². The molecule has 14 heavy (non-hydrogen) atoms. The van der Waals surface area contributed by atoms with Crippen molar-refractivity contribution in [3.63, 3.8) is 0 Å². The first kappa shape index (κ1) is 8.94. The fraction of sp³-hybridized carbons (Fsp3) is 0.273. The van der Waals surface area contributed by atoms with E-state index in [1.807, 2.05) is 24.3 Å². The van der Waals surface area contributed by atoms with Crippen LogP contribution in [-0.4, -0.2) is 18.6 Å². The molecule has 0 aliphatic heterocycles. The quantitative estimate of drug-likeness (QED) is 0.632. The molecule has 72 valence electrons. The zero-order valence-corrected chi connectivity index (χ0v) is 7.99. The third kappa shape index (κ3) is 1.41. The van der Waals surface area contributed by atoms with Crippen LogP contribution in [0.3, 0.4) is 0 Å². The van der Waals surface area contributed by atoms with E-state index in [1.54, 1.807) is 0 Å². The normalized spacial score (nSPS) is 18.1. The summed E-state index contributed by atoms with van der Waals surface area (Å²) >= 11 is 0. The maximum atomic E-state index is 11.8. The molecule has 1 aliphatic rings. The van der Waals surface area contributed by atoms with Crippen LogP contribution in [0.1, 0.15) is 22.3 Å². The Balaban J connectivity index is 2.41. The van der Waals surface area contributed by atoms with Gasteiger partial charge in [-0.15, -0.1) is 0 Å². The van der Waals surface area contributed by atoms with E-state index in [4.69, 9.17) is 0 Å². The SMILES string of the molecule is CO/N=C1\CCc2ccccc2C1=O. The summed E-state index contributed by atoms with van der Waals surface area (Å²) in [6, 6.07) is 7.63. The minimum absolute atomic E-state index is 0.00583. The van der Waals surface area contributed by atoms with Crippen LogP contribution in [0.15, 0.2) is 29.4 Å². The van der Waals surface area contributed by atoms with E-state index in [2.05, 4.69) is 9.99 Å². The molecule has 0 fully saturated rings. The van der Waals surface area contributed by atoms with Crippen LogP contribution in [0.25, 0.3) is 0 Å². The van der Waals surface area contributed by atoms with Gasteiger partial charge in [-0.05, 0) is 12.0 Å². The van der Waals surface area contributed by atoms with Crippen LogP contribution in [0.2, 0.25) is 0 Å². The van der Waals surface area contributed by atoms with Crippen molar-refractivity contribution >= 4 is 11.5 Å². The molecule has 0 amide bonds. The number of hydrogen-bond acceptors (Lipinski definition) is 3. The maximum Gasteiger partial charge on any atom is 0.210 e. The Bertz CT molecular complexity index is 396. The summed E-state index contributed by atoms with van der Waals surface area (Å²) in [5.41, 5.74) is 2.38. The molecule has 0 radical (unpaired) electrons. The highest BCUT2D eigenvalue weighted by molar-refractivity contribution is 6.47. The van der Waals surface area contributed by atoms with Crippen LogP contribution < -0.4 is 0 Å². The zero-order chi connectivity index (χ0) is 9.97. The van der Waals surface area contributed by atoms with E-state index in [-0.39, 0.29) is 5.78 Å².